The molecule has 2 aromatic carbocycles. The normalized spacial score (nSPS) is 14.5. The number of pyridine rings is 1. The summed E-state index contributed by atoms with van der Waals surface area (Å²) in [6.45, 7) is 5.52. The summed E-state index contributed by atoms with van der Waals surface area (Å²) >= 11 is 0. The average molecular weight is 474 g/mol. The number of nitrogens with zero attached hydrogens (tertiary/aromatic N) is 2. The molecule has 6 heteroatoms. The third-order valence-electron chi connectivity index (χ3n) is 6.68. The van der Waals surface area contributed by atoms with Crippen LogP contribution in [0.5, 0.6) is 11.5 Å². The number of nitrogens with one attached hydrogen (secondary N) is 1. The van der Waals surface area contributed by atoms with Crippen LogP contribution in [0, 0.1) is 6.92 Å². The number of aromatic nitrogens is 1. The molecule has 0 spiro atoms. The van der Waals surface area contributed by atoms with Crippen LogP contribution in [0.15, 0.2) is 60.7 Å². The average Bonchev–Trinajstić information content (AvgIpc) is 2.89. The number of carbonyl (C=O) groups is 1. The molecule has 0 unspecified atom stereocenters. The van der Waals surface area contributed by atoms with Gasteiger partial charge in [-0.25, -0.2) is 0 Å². The molecular weight excluding hydrogens is 438 g/mol. The molecule has 0 aliphatic carbocycles. The fourth-order valence-corrected chi connectivity index (χ4v) is 4.74. The summed E-state index contributed by atoms with van der Waals surface area (Å²) in [5.41, 5.74) is 5.01. The van der Waals surface area contributed by atoms with E-state index in [0.29, 0.717) is 35.9 Å². The summed E-state index contributed by atoms with van der Waals surface area (Å²) in [6, 6.07) is 20.3. The largest absolute Gasteiger partial charge is 0.493 e. The van der Waals surface area contributed by atoms with Crippen LogP contribution in [0.3, 0.4) is 0 Å². The van der Waals surface area contributed by atoms with Gasteiger partial charge in [0.15, 0.2) is 11.5 Å². The quantitative estimate of drug-likeness (QED) is 0.486. The number of amides is 1. The Morgan fingerprint density at radius 2 is 1.71 bits per heavy atom. The fraction of sp³-hybridized carbons (Fsp3) is 0.379. The van der Waals surface area contributed by atoms with Gasteiger partial charge in [-0.3, -0.25) is 14.7 Å². The first kappa shape index (κ1) is 24.7. The number of ether oxygens (including phenoxy) is 2. The van der Waals surface area contributed by atoms with Gasteiger partial charge in [-0.2, -0.15) is 0 Å². The molecule has 1 aliphatic rings. The second-order valence-corrected chi connectivity index (χ2v) is 9.12. The summed E-state index contributed by atoms with van der Waals surface area (Å²) < 4.78 is 10.7. The first-order chi connectivity index (χ1) is 17.1. The van der Waals surface area contributed by atoms with Gasteiger partial charge in [0.1, 0.15) is 0 Å². The summed E-state index contributed by atoms with van der Waals surface area (Å²) in [7, 11) is 3.25. The van der Waals surface area contributed by atoms with Crippen molar-refractivity contribution in [2.75, 3.05) is 33.9 Å². The van der Waals surface area contributed by atoms with Crippen LogP contribution in [-0.2, 0) is 13.0 Å². The van der Waals surface area contributed by atoms with Crippen molar-refractivity contribution in [2.24, 2.45) is 0 Å². The molecule has 184 valence electrons. The summed E-state index contributed by atoms with van der Waals surface area (Å²) in [4.78, 5) is 20.4. The van der Waals surface area contributed by atoms with E-state index in [1.807, 2.05) is 37.3 Å². The van der Waals surface area contributed by atoms with Crippen molar-refractivity contribution in [1.82, 2.24) is 15.2 Å². The summed E-state index contributed by atoms with van der Waals surface area (Å²) in [5, 5.41) is 3.09. The van der Waals surface area contributed by atoms with Gasteiger partial charge in [0.25, 0.3) is 5.91 Å². The molecular formula is C29H35N3O3. The van der Waals surface area contributed by atoms with Crippen LogP contribution in [0.25, 0.3) is 0 Å². The molecule has 0 atom stereocenters. The second kappa shape index (κ2) is 11.8. The second-order valence-electron chi connectivity index (χ2n) is 9.12. The first-order valence-corrected chi connectivity index (χ1v) is 12.3. The molecule has 1 amide bonds. The summed E-state index contributed by atoms with van der Waals surface area (Å²) in [6.07, 6.45) is 2.73. The zero-order valence-electron chi connectivity index (χ0n) is 20.9. The highest BCUT2D eigenvalue weighted by Crippen LogP contribution is 2.30. The predicted octanol–water partition coefficient (Wildman–Crippen LogP) is 4.76. The molecule has 6 nitrogen and oxygen atoms in total. The van der Waals surface area contributed by atoms with E-state index in [4.69, 9.17) is 14.5 Å². The molecule has 0 radical (unpaired) electrons. The van der Waals surface area contributed by atoms with Crippen molar-refractivity contribution < 1.29 is 14.3 Å². The van der Waals surface area contributed by atoms with E-state index >= 15 is 0 Å². The monoisotopic (exact) mass is 473 g/mol. The highest BCUT2D eigenvalue weighted by molar-refractivity contribution is 5.95. The predicted molar refractivity (Wildman–Crippen MR) is 138 cm³/mol. The number of hydrogen-bond donors (Lipinski definition) is 1. The zero-order chi connectivity index (χ0) is 24.6. The maximum Gasteiger partial charge on any atom is 0.253 e. The maximum absolute atomic E-state index is 13.1. The Bertz CT molecular complexity index is 1130. The van der Waals surface area contributed by atoms with Crippen molar-refractivity contribution in [3.8, 4) is 11.5 Å². The minimum atomic E-state index is -0.0558. The molecule has 3 aromatic rings. The van der Waals surface area contributed by atoms with Gasteiger partial charge in [-0.05, 0) is 74.7 Å². The lowest BCUT2D eigenvalue weighted by Crippen LogP contribution is -2.34. The standard InChI is InChI=1S/C29H35N3O3/c1-21-9-11-25(29(33)30-16-13-22-10-12-26(34-2)27(19-22)35-3)28(31-21)24-14-17-32(18-15-24)20-23-7-5-4-6-8-23/h4-12,19,24H,13-18,20H2,1-3H3,(H,30,33). The van der Waals surface area contributed by atoms with Crippen LogP contribution in [0.1, 0.15) is 51.6 Å². The Hall–Kier alpha value is -3.38. The number of piperidine rings is 1. The van der Waals surface area contributed by atoms with Gasteiger partial charge in [0.05, 0.1) is 25.5 Å². The lowest BCUT2D eigenvalue weighted by Gasteiger charge is -2.32. The first-order valence-electron chi connectivity index (χ1n) is 12.3. The van der Waals surface area contributed by atoms with E-state index < -0.39 is 0 Å². The van der Waals surface area contributed by atoms with Gasteiger partial charge in [0.2, 0.25) is 0 Å². The molecule has 0 bridgehead atoms. The number of carbonyl (C=O) groups excluding carboxylic acids is 1. The third kappa shape index (κ3) is 6.40. The third-order valence-corrected chi connectivity index (χ3v) is 6.68. The molecule has 2 heterocycles. The van der Waals surface area contributed by atoms with Crippen LogP contribution >= 0.6 is 0 Å². The minimum absolute atomic E-state index is 0.0558. The van der Waals surface area contributed by atoms with E-state index in [9.17, 15) is 4.79 Å². The van der Waals surface area contributed by atoms with Gasteiger partial charge in [-0.1, -0.05) is 36.4 Å². The molecule has 1 fully saturated rings. The van der Waals surface area contributed by atoms with Crippen molar-refractivity contribution in [3.63, 3.8) is 0 Å². The Morgan fingerprint density at radius 3 is 2.43 bits per heavy atom. The number of benzene rings is 2. The van der Waals surface area contributed by atoms with Gasteiger partial charge < -0.3 is 14.8 Å². The number of likely N-dealkylation sites (tertiary alicyclic amines) is 1. The molecule has 35 heavy (non-hydrogen) atoms. The molecule has 1 saturated heterocycles. The van der Waals surface area contributed by atoms with Gasteiger partial charge in [-0.15, -0.1) is 0 Å². The number of methoxy groups -OCH3 is 2. The van der Waals surface area contributed by atoms with Crippen molar-refractivity contribution in [1.29, 1.82) is 0 Å². The van der Waals surface area contributed by atoms with Gasteiger partial charge >= 0.3 is 0 Å². The van der Waals surface area contributed by atoms with E-state index in [0.717, 1.165) is 49.4 Å². The Labute approximate surface area is 208 Å². The lowest BCUT2D eigenvalue weighted by atomic mass is 9.89. The topological polar surface area (TPSA) is 63.7 Å². The molecule has 1 aliphatic heterocycles. The molecule has 1 aromatic heterocycles. The number of rotatable bonds is 9. The van der Waals surface area contributed by atoms with Crippen LogP contribution < -0.4 is 14.8 Å². The maximum atomic E-state index is 13.1. The number of hydrogen-bond acceptors (Lipinski definition) is 5. The van der Waals surface area contributed by atoms with E-state index in [1.54, 1.807) is 14.2 Å². The summed E-state index contributed by atoms with van der Waals surface area (Å²) in [5.74, 6) is 1.64. The Morgan fingerprint density at radius 1 is 0.971 bits per heavy atom. The van der Waals surface area contributed by atoms with E-state index in [-0.39, 0.29) is 5.91 Å². The molecule has 1 N–H and O–H groups in total. The zero-order valence-corrected chi connectivity index (χ0v) is 20.9. The SMILES string of the molecule is COc1ccc(CCNC(=O)c2ccc(C)nc2C2CCN(Cc3ccccc3)CC2)cc1OC. The number of aryl methyl sites for hydroxylation is 1. The highest BCUT2D eigenvalue weighted by atomic mass is 16.5. The van der Waals surface area contributed by atoms with E-state index in [1.165, 1.54) is 5.56 Å². The molecule has 4 rings (SSSR count). The Balaban J connectivity index is 1.36. The van der Waals surface area contributed by atoms with Gasteiger partial charge in [0, 0.05) is 24.7 Å². The lowest BCUT2D eigenvalue weighted by molar-refractivity contribution is 0.0951. The minimum Gasteiger partial charge on any atom is -0.493 e. The molecule has 0 saturated carbocycles. The van der Waals surface area contributed by atoms with Crippen molar-refractivity contribution >= 4 is 5.91 Å². The van der Waals surface area contributed by atoms with Crippen molar-refractivity contribution in [3.05, 3.63) is 88.7 Å². The van der Waals surface area contributed by atoms with Crippen molar-refractivity contribution in [2.45, 2.75) is 38.6 Å². The smallest absolute Gasteiger partial charge is 0.253 e. The van der Waals surface area contributed by atoms with Crippen LogP contribution in [0.4, 0.5) is 0 Å². The van der Waals surface area contributed by atoms with E-state index in [2.05, 4.69) is 40.5 Å². The highest BCUT2D eigenvalue weighted by Gasteiger charge is 2.26. The Kier molecular flexibility index (Phi) is 8.37. The fourth-order valence-electron chi connectivity index (χ4n) is 4.74. The van der Waals surface area contributed by atoms with Crippen LogP contribution in [0.2, 0.25) is 0 Å². The van der Waals surface area contributed by atoms with Crippen LogP contribution in [-0.4, -0.2) is 49.6 Å².